The third kappa shape index (κ3) is 5.60. The van der Waals surface area contributed by atoms with E-state index >= 15 is 0 Å². The molecule has 0 aliphatic heterocycles. The Bertz CT molecular complexity index is 969. The monoisotopic (exact) mass is 410 g/mol. The summed E-state index contributed by atoms with van der Waals surface area (Å²) >= 11 is 1.35. The normalized spacial score (nSPS) is 11.9. The molecule has 1 amide bonds. The molecular weight excluding hydrogens is 384 g/mol. The SMILES string of the molecule is CCc1ccc(NC(=O)CSc2nnc(C(C)Oc3cccc(C)c3)n2C)cc1. The lowest BCUT2D eigenvalue weighted by molar-refractivity contribution is -0.113. The second-order valence-corrected chi connectivity index (χ2v) is 7.81. The summed E-state index contributed by atoms with van der Waals surface area (Å²) in [4.78, 5) is 12.3. The van der Waals surface area contributed by atoms with Crippen LogP contribution in [0.5, 0.6) is 5.75 Å². The number of thioether (sulfide) groups is 1. The van der Waals surface area contributed by atoms with Crippen LogP contribution in [0.1, 0.15) is 36.9 Å². The van der Waals surface area contributed by atoms with Crippen molar-refractivity contribution in [2.24, 2.45) is 7.05 Å². The minimum atomic E-state index is -0.255. The van der Waals surface area contributed by atoms with Gasteiger partial charge in [0.25, 0.3) is 0 Å². The molecule has 0 bridgehead atoms. The number of nitrogens with one attached hydrogen (secondary N) is 1. The highest BCUT2D eigenvalue weighted by Crippen LogP contribution is 2.24. The molecule has 0 radical (unpaired) electrons. The van der Waals surface area contributed by atoms with Crippen LogP contribution in [-0.2, 0) is 18.3 Å². The van der Waals surface area contributed by atoms with Crippen molar-refractivity contribution in [1.82, 2.24) is 14.8 Å². The number of benzene rings is 2. The predicted molar refractivity (Wildman–Crippen MR) is 116 cm³/mol. The molecule has 3 aromatic rings. The van der Waals surface area contributed by atoms with Gasteiger partial charge in [-0.05, 0) is 55.7 Å². The zero-order valence-corrected chi connectivity index (χ0v) is 18.0. The number of ether oxygens (including phenoxy) is 1. The number of aromatic nitrogens is 3. The standard InChI is InChI=1S/C22H26N4O2S/c1-5-17-9-11-18(12-10-17)23-20(27)14-29-22-25-24-21(26(22)4)16(3)28-19-8-6-7-15(2)13-19/h6-13,16H,5,14H2,1-4H3,(H,23,27). The van der Waals surface area contributed by atoms with Gasteiger partial charge in [-0.3, -0.25) is 4.79 Å². The molecule has 0 saturated heterocycles. The van der Waals surface area contributed by atoms with Crippen molar-refractivity contribution in [2.75, 3.05) is 11.1 Å². The van der Waals surface area contributed by atoms with E-state index in [1.807, 2.05) is 74.0 Å². The van der Waals surface area contributed by atoms with E-state index < -0.39 is 0 Å². The number of carbonyl (C=O) groups is 1. The second-order valence-electron chi connectivity index (χ2n) is 6.86. The van der Waals surface area contributed by atoms with E-state index in [2.05, 4.69) is 22.4 Å². The zero-order valence-electron chi connectivity index (χ0n) is 17.2. The lowest BCUT2D eigenvalue weighted by atomic mass is 10.1. The van der Waals surface area contributed by atoms with Gasteiger partial charge in [-0.25, -0.2) is 0 Å². The fourth-order valence-electron chi connectivity index (χ4n) is 2.90. The van der Waals surface area contributed by atoms with Gasteiger partial charge in [0.2, 0.25) is 5.91 Å². The first-order valence-electron chi connectivity index (χ1n) is 9.60. The van der Waals surface area contributed by atoms with Crippen LogP contribution in [0.4, 0.5) is 5.69 Å². The van der Waals surface area contributed by atoms with E-state index in [0.717, 1.165) is 23.4 Å². The summed E-state index contributed by atoms with van der Waals surface area (Å²) < 4.78 is 7.86. The van der Waals surface area contributed by atoms with Crippen molar-refractivity contribution in [3.8, 4) is 5.75 Å². The first-order chi connectivity index (χ1) is 14.0. The lowest BCUT2D eigenvalue weighted by Gasteiger charge is -2.14. The average molecular weight is 411 g/mol. The zero-order chi connectivity index (χ0) is 20.8. The fourth-order valence-corrected chi connectivity index (χ4v) is 3.62. The second kappa shape index (κ2) is 9.60. The summed E-state index contributed by atoms with van der Waals surface area (Å²) in [7, 11) is 1.88. The van der Waals surface area contributed by atoms with Crippen LogP contribution in [0.3, 0.4) is 0 Å². The van der Waals surface area contributed by atoms with Crippen LogP contribution >= 0.6 is 11.8 Å². The van der Waals surface area contributed by atoms with Gasteiger partial charge in [-0.2, -0.15) is 0 Å². The van der Waals surface area contributed by atoms with Crippen LogP contribution in [0.15, 0.2) is 53.7 Å². The summed E-state index contributed by atoms with van der Waals surface area (Å²) in [6.45, 7) is 6.07. The molecule has 152 valence electrons. The molecule has 2 aromatic carbocycles. The maximum absolute atomic E-state index is 12.3. The minimum absolute atomic E-state index is 0.0761. The molecule has 0 spiro atoms. The Morgan fingerprint density at radius 3 is 2.66 bits per heavy atom. The molecule has 0 saturated carbocycles. The molecule has 1 heterocycles. The molecule has 0 fully saturated rings. The van der Waals surface area contributed by atoms with Gasteiger partial charge in [0.1, 0.15) is 5.75 Å². The minimum Gasteiger partial charge on any atom is -0.483 e. The number of hydrogen-bond donors (Lipinski definition) is 1. The maximum atomic E-state index is 12.3. The number of rotatable bonds is 8. The Morgan fingerprint density at radius 2 is 1.97 bits per heavy atom. The summed E-state index contributed by atoms with van der Waals surface area (Å²) in [6, 6.07) is 15.8. The van der Waals surface area contributed by atoms with E-state index in [1.165, 1.54) is 17.3 Å². The Balaban J connectivity index is 1.56. The van der Waals surface area contributed by atoms with Crippen LogP contribution in [0.2, 0.25) is 0 Å². The van der Waals surface area contributed by atoms with Crippen LogP contribution in [0, 0.1) is 6.92 Å². The molecule has 7 heteroatoms. The Labute approximate surface area is 175 Å². The van der Waals surface area contributed by atoms with E-state index in [1.54, 1.807) is 0 Å². The average Bonchev–Trinajstić information content (AvgIpc) is 3.07. The van der Waals surface area contributed by atoms with Gasteiger partial charge in [-0.1, -0.05) is 43.0 Å². The number of aryl methyl sites for hydroxylation is 2. The van der Waals surface area contributed by atoms with Gasteiger partial charge in [0, 0.05) is 12.7 Å². The Morgan fingerprint density at radius 1 is 1.21 bits per heavy atom. The van der Waals surface area contributed by atoms with Crippen molar-refractivity contribution in [1.29, 1.82) is 0 Å². The van der Waals surface area contributed by atoms with Crippen molar-refractivity contribution < 1.29 is 9.53 Å². The summed E-state index contributed by atoms with van der Waals surface area (Å²) in [6.07, 6.45) is 0.722. The molecule has 0 aliphatic carbocycles. The third-order valence-corrected chi connectivity index (χ3v) is 5.53. The summed E-state index contributed by atoms with van der Waals surface area (Å²) in [5.74, 6) is 1.69. The van der Waals surface area contributed by atoms with Crippen molar-refractivity contribution in [2.45, 2.75) is 38.5 Å². The Kier molecular flexibility index (Phi) is 6.93. The van der Waals surface area contributed by atoms with E-state index in [9.17, 15) is 4.79 Å². The van der Waals surface area contributed by atoms with Crippen molar-refractivity contribution in [3.05, 3.63) is 65.5 Å². The maximum Gasteiger partial charge on any atom is 0.234 e. The summed E-state index contributed by atoms with van der Waals surface area (Å²) in [5.41, 5.74) is 3.18. The molecule has 1 aromatic heterocycles. The predicted octanol–water partition coefficient (Wildman–Crippen LogP) is 4.56. The van der Waals surface area contributed by atoms with Gasteiger partial charge in [0.05, 0.1) is 5.75 Å². The molecular formula is C22H26N4O2S. The quantitative estimate of drug-likeness (QED) is 0.552. The molecule has 29 heavy (non-hydrogen) atoms. The van der Waals surface area contributed by atoms with E-state index in [4.69, 9.17) is 4.74 Å². The summed E-state index contributed by atoms with van der Waals surface area (Å²) in [5, 5.41) is 12.0. The van der Waals surface area contributed by atoms with Gasteiger partial charge >= 0.3 is 0 Å². The lowest BCUT2D eigenvalue weighted by Crippen LogP contribution is -2.15. The molecule has 1 atom stereocenters. The first-order valence-corrected chi connectivity index (χ1v) is 10.6. The number of anilines is 1. The smallest absolute Gasteiger partial charge is 0.234 e. The largest absolute Gasteiger partial charge is 0.483 e. The van der Waals surface area contributed by atoms with Crippen molar-refractivity contribution >= 4 is 23.4 Å². The van der Waals surface area contributed by atoms with Crippen LogP contribution < -0.4 is 10.1 Å². The molecule has 3 rings (SSSR count). The topological polar surface area (TPSA) is 69.0 Å². The highest BCUT2D eigenvalue weighted by molar-refractivity contribution is 7.99. The number of nitrogens with zero attached hydrogens (tertiary/aromatic N) is 3. The van der Waals surface area contributed by atoms with Crippen molar-refractivity contribution in [3.63, 3.8) is 0 Å². The first kappa shape index (κ1) is 20.9. The Hall–Kier alpha value is -2.80. The highest BCUT2D eigenvalue weighted by Gasteiger charge is 2.18. The fraction of sp³-hybridized carbons (Fsp3) is 0.318. The third-order valence-electron chi connectivity index (χ3n) is 4.51. The van der Waals surface area contributed by atoms with Gasteiger partial charge in [-0.15, -0.1) is 10.2 Å². The number of carbonyl (C=O) groups excluding carboxylic acids is 1. The molecule has 0 aliphatic rings. The number of hydrogen-bond acceptors (Lipinski definition) is 5. The van der Waals surface area contributed by atoms with Crippen LogP contribution in [0.25, 0.3) is 0 Å². The van der Waals surface area contributed by atoms with Gasteiger partial charge < -0.3 is 14.6 Å². The molecule has 1 unspecified atom stereocenters. The highest BCUT2D eigenvalue weighted by atomic mass is 32.2. The van der Waals surface area contributed by atoms with E-state index in [-0.39, 0.29) is 17.8 Å². The molecule has 6 nitrogen and oxygen atoms in total. The van der Waals surface area contributed by atoms with E-state index in [0.29, 0.717) is 11.0 Å². The number of amides is 1. The molecule has 1 N–H and O–H groups in total. The van der Waals surface area contributed by atoms with Crippen LogP contribution in [-0.4, -0.2) is 26.4 Å². The van der Waals surface area contributed by atoms with Gasteiger partial charge in [0.15, 0.2) is 17.1 Å².